The molecule has 1 aromatic heterocycles. The van der Waals surface area contributed by atoms with E-state index in [2.05, 4.69) is 20.9 Å². The maximum atomic E-state index is 14.5. The van der Waals surface area contributed by atoms with E-state index in [0.29, 0.717) is 32.2 Å². The molecule has 7 atom stereocenters. The van der Waals surface area contributed by atoms with E-state index in [0.717, 1.165) is 22.0 Å². The largest absolute Gasteiger partial charge is 0.370 e. The number of primary amides is 2. The fraction of sp³-hybridized carbons (Fsp3) is 0.531. The maximum absolute atomic E-state index is 14.5. The topological polar surface area (TPSA) is 362 Å². The summed E-state index contributed by atoms with van der Waals surface area (Å²) in [4.78, 5) is 123. The van der Waals surface area contributed by atoms with Gasteiger partial charge in [-0.2, -0.15) is 0 Å². The summed E-state index contributed by atoms with van der Waals surface area (Å²) in [6.45, 7) is 2.06. The Balaban J connectivity index is 1.93. The molecule has 19 nitrogen and oxygen atoms in total. The van der Waals surface area contributed by atoms with Gasteiger partial charge in [0.25, 0.3) is 0 Å². The molecule has 5 amide bonds. The molecule has 372 valence electrons. The number of carbonyl (C=O) groups excluding carboxylic acids is 9. The van der Waals surface area contributed by atoms with E-state index in [1.54, 1.807) is 36.5 Å². The van der Waals surface area contributed by atoms with Gasteiger partial charge in [0.1, 0.15) is 5.78 Å². The number of para-hydroxylation sites is 1. The molecule has 3 aromatic rings. The predicted molar refractivity (Wildman–Crippen MR) is 258 cm³/mol. The quantitative estimate of drug-likeness (QED) is 0.0391. The Morgan fingerprint density at radius 2 is 1.00 bits per heavy atom. The van der Waals surface area contributed by atoms with Crippen molar-refractivity contribution in [1.82, 2.24) is 20.9 Å². The van der Waals surface area contributed by atoms with Crippen molar-refractivity contribution >= 4 is 63.6 Å². The van der Waals surface area contributed by atoms with E-state index in [1.807, 2.05) is 24.3 Å². The van der Waals surface area contributed by atoms with Gasteiger partial charge in [-0.3, -0.25) is 43.2 Å². The number of rotatable bonds is 35. The number of benzene rings is 2. The molecule has 0 aliphatic heterocycles. The summed E-state index contributed by atoms with van der Waals surface area (Å²) in [5.41, 5.74) is 36.3. The Morgan fingerprint density at radius 1 is 0.544 bits per heavy atom. The second-order valence-corrected chi connectivity index (χ2v) is 17.6. The summed E-state index contributed by atoms with van der Waals surface area (Å²) in [6, 6.07) is 12.3. The molecular formula is C49H72N10O9. The van der Waals surface area contributed by atoms with Crippen LogP contribution in [0.2, 0.25) is 0 Å². The van der Waals surface area contributed by atoms with Gasteiger partial charge in [-0.1, -0.05) is 48.5 Å². The van der Waals surface area contributed by atoms with Crippen LogP contribution in [-0.4, -0.2) is 101 Å². The maximum Gasteiger partial charge on any atom is 0.224 e. The molecule has 68 heavy (non-hydrogen) atoms. The summed E-state index contributed by atoms with van der Waals surface area (Å²) < 4.78 is 0. The normalized spacial score (nSPS) is 14.4. The van der Waals surface area contributed by atoms with Gasteiger partial charge in [0.05, 0.1) is 24.2 Å². The lowest BCUT2D eigenvalue weighted by molar-refractivity contribution is -0.136. The average Bonchev–Trinajstić information content (AvgIpc) is 3.72. The third-order valence-corrected chi connectivity index (χ3v) is 12.1. The molecule has 0 bridgehead atoms. The molecule has 1 heterocycles. The monoisotopic (exact) mass is 945 g/mol. The number of ketones is 4. The smallest absolute Gasteiger partial charge is 0.224 e. The first-order chi connectivity index (χ1) is 32.5. The summed E-state index contributed by atoms with van der Waals surface area (Å²) in [5.74, 6) is -8.07. The summed E-state index contributed by atoms with van der Waals surface area (Å²) in [7, 11) is 0. The number of fused-ring (bicyclic) bond motifs is 1. The Bertz CT molecular complexity index is 2160. The zero-order chi connectivity index (χ0) is 50.2. The highest BCUT2D eigenvalue weighted by atomic mass is 16.2. The molecule has 0 aliphatic rings. The molecule has 0 spiro atoms. The number of aromatic amines is 1. The number of aromatic nitrogens is 1. The summed E-state index contributed by atoms with van der Waals surface area (Å²) in [5, 5.41) is 9.31. The van der Waals surface area contributed by atoms with Crippen LogP contribution in [-0.2, 0) is 56.0 Å². The minimum atomic E-state index is -1.16. The highest BCUT2D eigenvalue weighted by Gasteiger charge is 2.34. The van der Waals surface area contributed by atoms with E-state index >= 15 is 0 Å². The van der Waals surface area contributed by atoms with E-state index in [9.17, 15) is 43.2 Å². The number of H-pyrrole nitrogens is 1. The van der Waals surface area contributed by atoms with Crippen molar-refractivity contribution < 1.29 is 43.2 Å². The summed E-state index contributed by atoms with van der Waals surface area (Å²) in [6.07, 6.45) is 2.04. The van der Waals surface area contributed by atoms with Crippen LogP contribution in [0.1, 0.15) is 102 Å². The molecule has 0 saturated carbocycles. The molecule has 0 saturated heterocycles. The van der Waals surface area contributed by atoms with Crippen LogP contribution in [0.5, 0.6) is 0 Å². The van der Waals surface area contributed by atoms with Crippen LogP contribution in [0.4, 0.5) is 0 Å². The third kappa shape index (κ3) is 19.2. The van der Waals surface area contributed by atoms with Crippen LogP contribution in [0, 0.1) is 17.8 Å². The highest BCUT2D eigenvalue weighted by molar-refractivity contribution is 5.97. The van der Waals surface area contributed by atoms with E-state index in [4.69, 9.17) is 34.4 Å². The zero-order valence-corrected chi connectivity index (χ0v) is 39.2. The van der Waals surface area contributed by atoms with Crippen LogP contribution < -0.4 is 50.4 Å². The number of hydrogen-bond donors (Lipinski definition) is 10. The van der Waals surface area contributed by atoms with Gasteiger partial charge >= 0.3 is 0 Å². The van der Waals surface area contributed by atoms with Crippen molar-refractivity contribution in [3.05, 3.63) is 71.9 Å². The van der Waals surface area contributed by atoms with E-state index in [-0.39, 0.29) is 83.1 Å². The van der Waals surface area contributed by atoms with Crippen molar-refractivity contribution in [3.8, 4) is 0 Å². The number of nitrogens with two attached hydrogens (primary N) is 6. The van der Waals surface area contributed by atoms with Gasteiger partial charge < -0.3 is 55.3 Å². The van der Waals surface area contributed by atoms with Gasteiger partial charge in [0, 0.05) is 67.0 Å². The first-order valence-electron chi connectivity index (χ1n) is 23.5. The lowest BCUT2D eigenvalue weighted by atomic mass is 9.87. The Hall–Kier alpha value is -6.15. The molecule has 0 aliphatic carbocycles. The van der Waals surface area contributed by atoms with Crippen molar-refractivity contribution in [3.63, 3.8) is 0 Å². The third-order valence-electron chi connectivity index (χ3n) is 12.1. The van der Waals surface area contributed by atoms with Crippen molar-refractivity contribution in [2.24, 2.45) is 52.2 Å². The predicted octanol–water partition coefficient (Wildman–Crippen LogP) is 0.798. The van der Waals surface area contributed by atoms with Crippen LogP contribution in [0.3, 0.4) is 0 Å². The van der Waals surface area contributed by atoms with E-state index in [1.165, 1.54) is 6.92 Å². The molecular weight excluding hydrogens is 873 g/mol. The first-order valence-corrected chi connectivity index (χ1v) is 23.5. The number of Topliss-reactive ketones (excluding diaryl/α,β-unsaturated/α-hetero) is 4. The fourth-order valence-electron chi connectivity index (χ4n) is 8.08. The zero-order valence-electron chi connectivity index (χ0n) is 39.2. The van der Waals surface area contributed by atoms with Crippen LogP contribution in [0.15, 0.2) is 60.8 Å². The van der Waals surface area contributed by atoms with Crippen LogP contribution in [0.25, 0.3) is 10.9 Å². The second kappa shape index (κ2) is 29.6. The van der Waals surface area contributed by atoms with Crippen molar-refractivity contribution in [1.29, 1.82) is 0 Å². The lowest BCUT2D eigenvalue weighted by Crippen LogP contribution is -2.49. The standard InChI is InChI=1S/C49H72N10O9/c1-30(60)38(14-7-21-50)57-49(68)34(25-35-29-56-39-13-6-5-12-36(35)39)28-44(63)41(16-9-23-52)59-48(67)33(24-31-10-3-2-4-11-31)27-43(62)40(15-8-22-51)58-47(66)32(17-19-45(54)64)26-42(61)37(53)18-20-46(55)65/h2-6,10-13,29,32-34,37-38,40-41,56H,7-9,14-28,50-53H2,1H3,(H2,54,64)(H2,55,65)(H,57,68)(H,58,66)(H,59,67)/t32-,33-,34-,37+,38+,40+,41+/m1/s1. The van der Waals surface area contributed by atoms with Gasteiger partial charge in [-0.25, -0.2) is 0 Å². The molecule has 0 unspecified atom stereocenters. The Labute approximate surface area is 397 Å². The SMILES string of the molecule is CC(=O)[C@H](CCCN)NC(=O)[C@@H](CC(=O)[C@H](CCCN)NC(=O)[C@@H](CC(=O)[C@H](CCCN)NC(=O)[C@H](CCC(N)=O)CC(=O)[C@@H](N)CCC(N)=O)Cc1ccccc1)Cc1c[nH]c2ccccc12. The molecule has 19 heteroatoms. The minimum absolute atomic E-state index is 0.0441. The molecule has 0 radical (unpaired) electrons. The van der Waals surface area contributed by atoms with Crippen molar-refractivity contribution in [2.75, 3.05) is 19.6 Å². The molecule has 0 fully saturated rings. The lowest BCUT2D eigenvalue weighted by Gasteiger charge is -2.26. The van der Waals surface area contributed by atoms with Gasteiger partial charge in [-0.15, -0.1) is 0 Å². The van der Waals surface area contributed by atoms with Crippen LogP contribution >= 0.6 is 0 Å². The van der Waals surface area contributed by atoms with E-state index < -0.39 is 95.2 Å². The second-order valence-electron chi connectivity index (χ2n) is 17.6. The number of hydrogen-bond acceptors (Lipinski definition) is 13. The van der Waals surface area contributed by atoms with Gasteiger partial charge in [-0.05, 0) is 108 Å². The number of amides is 5. The number of carbonyl (C=O) groups is 9. The first kappa shape index (κ1) is 56.2. The van der Waals surface area contributed by atoms with Crippen molar-refractivity contribution in [2.45, 2.75) is 127 Å². The average molecular weight is 945 g/mol. The molecule has 3 rings (SSSR count). The fourth-order valence-corrected chi connectivity index (χ4v) is 8.08. The minimum Gasteiger partial charge on any atom is -0.370 e. The van der Waals surface area contributed by atoms with Gasteiger partial charge in [0.15, 0.2) is 17.3 Å². The number of nitrogens with one attached hydrogen (secondary N) is 4. The Morgan fingerprint density at radius 3 is 1.53 bits per heavy atom. The molecule has 16 N–H and O–H groups in total. The van der Waals surface area contributed by atoms with Gasteiger partial charge in [0.2, 0.25) is 29.5 Å². The summed E-state index contributed by atoms with van der Waals surface area (Å²) >= 11 is 0. The molecule has 2 aromatic carbocycles. The Kier molecular flexibility index (Phi) is 24.4. The highest BCUT2D eigenvalue weighted by Crippen LogP contribution is 2.25.